The van der Waals surface area contributed by atoms with Crippen molar-refractivity contribution in [2.24, 2.45) is 0 Å². The van der Waals surface area contributed by atoms with Crippen LogP contribution in [0.1, 0.15) is 32.6 Å². The first-order chi connectivity index (χ1) is 7.08. The summed E-state index contributed by atoms with van der Waals surface area (Å²) in [6, 6.07) is -0.0292. The largest absolute Gasteiger partial charge is 0.481 e. The molecule has 0 saturated carbocycles. The number of amides is 1. The first kappa shape index (κ1) is 12.0. The minimum absolute atomic E-state index is 0.0240. The second kappa shape index (κ2) is 5.70. The maximum absolute atomic E-state index is 11.4. The maximum atomic E-state index is 11.4. The predicted octanol–water partition coefficient (Wildman–Crippen LogP) is 0.108. The SMILES string of the molecule is CC(CC(=O)O)NC(=O)CC1CCCN1. The Labute approximate surface area is 89.2 Å². The summed E-state index contributed by atoms with van der Waals surface area (Å²) in [4.78, 5) is 21.8. The number of carbonyl (C=O) groups is 2. The molecule has 2 unspecified atom stereocenters. The zero-order valence-electron chi connectivity index (χ0n) is 8.95. The van der Waals surface area contributed by atoms with Crippen LogP contribution in [0.2, 0.25) is 0 Å². The highest BCUT2D eigenvalue weighted by molar-refractivity contribution is 5.77. The van der Waals surface area contributed by atoms with E-state index in [1.165, 1.54) is 0 Å². The summed E-state index contributed by atoms with van der Waals surface area (Å²) in [5, 5.41) is 14.4. The lowest BCUT2D eigenvalue weighted by Crippen LogP contribution is -2.37. The van der Waals surface area contributed by atoms with E-state index in [1.54, 1.807) is 6.92 Å². The van der Waals surface area contributed by atoms with E-state index in [9.17, 15) is 9.59 Å². The van der Waals surface area contributed by atoms with Crippen molar-refractivity contribution >= 4 is 11.9 Å². The average Bonchev–Trinajstić information content (AvgIpc) is 2.53. The van der Waals surface area contributed by atoms with Crippen molar-refractivity contribution < 1.29 is 14.7 Å². The normalized spacial score (nSPS) is 22.3. The average molecular weight is 214 g/mol. The second-order valence-corrected chi connectivity index (χ2v) is 4.06. The van der Waals surface area contributed by atoms with E-state index in [1.807, 2.05) is 0 Å². The molecule has 0 aromatic rings. The summed E-state index contributed by atoms with van der Waals surface area (Å²) >= 11 is 0. The van der Waals surface area contributed by atoms with Crippen LogP contribution in [0.3, 0.4) is 0 Å². The van der Waals surface area contributed by atoms with Crippen LogP contribution >= 0.6 is 0 Å². The van der Waals surface area contributed by atoms with Crippen LogP contribution in [0.25, 0.3) is 0 Å². The minimum Gasteiger partial charge on any atom is -0.481 e. The van der Waals surface area contributed by atoms with Crippen molar-refractivity contribution in [3.05, 3.63) is 0 Å². The lowest BCUT2D eigenvalue weighted by atomic mass is 10.1. The number of hydrogen-bond acceptors (Lipinski definition) is 3. The monoisotopic (exact) mass is 214 g/mol. The number of rotatable bonds is 5. The molecule has 15 heavy (non-hydrogen) atoms. The minimum atomic E-state index is -0.887. The standard InChI is InChI=1S/C10H18N2O3/c1-7(5-10(14)15)12-9(13)6-8-3-2-4-11-8/h7-8,11H,2-6H2,1H3,(H,12,13)(H,14,15). The quantitative estimate of drug-likeness (QED) is 0.607. The molecule has 0 radical (unpaired) electrons. The summed E-state index contributed by atoms with van der Waals surface area (Å²) in [6.45, 7) is 2.68. The molecular formula is C10H18N2O3. The van der Waals surface area contributed by atoms with Gasteiger partial charge < -0.3 is 15.7 Å². The summed E-state index contributed by atoms with van der Waals surface area (Å²) < 4.78 is 0. The van der Waals surface area contributed by atoms with Crippen molar-refractivity contribution in [3.63, 3.8) is 0 Å². The molecule has 1 aliphatic heterocycles. The van der Waals surface area contributed by atoms with E-state index in [4.69, 9.17) is 5.11 Å². The summed E-state index contributed by atoms with van der Waals surface area (Å²) in [5.41, 5.74) is 0. The number of carbonyl (C=O) groups excluding carboxylic acids is 1. The summed E-state index contributed by atoms with van der Waals surface area (Å²) in [7, 11) is 0. The topological polar surface area (TPSA) is 78.4 Å². The molecule has 1 saturated heterocycles. The van der Waals surface area contributed by atoms with Gasteiger partial charge in [-0.25, -0.2) is 0 Å². The van der Waals surface area contributed by atoms with E-state index >= 15 is 0 Å². The zero-order chi connectivity index (χ0) is 11.3. The first-order valence-corrected chi connectivity index (χ1v) is 5.32. The van der Waals surface area contributed by atoms with Gasteiger partial charge in [-0.3, -0.25) is 9.59 Å². The number of hydrogen-bond donors (Lipinski definition) is 3. The van der Waals surface area contributed by atoms with E-state index in [0.29, 0.717) is 6.42 Å². The maximum Gasteiger partial charge on any atom is 0.305 e. The molecule has 5 nitrogen and oxygen atoms in total. The van der Waals surface area contributed by atoms with Gasteiger partial charge in [-0.1, -0.05) is 0 Å². The van der Waals surface area contributed by atoms with Crippen molar-refractivity contribution in [2.45, 2.75) is 44.7 Å². The summed E-state index contributed by atoms with van der Waals surface area (Å²) in [5.74, 6) is -0.954. The molecule has 0 aromatic heterocycles. The molecular weight excluding hydrogens is 196 g/mol. The Morgan fingerprint density at radius 3 is 2.87 bits per heavy atom. The molecule has 1 heterocycles. The van der Waals surface area contributed by atoms with Crippen LogP contribution in [-0.2, 0) is 9.59 Å². The number of carboxylic acid groups (broad SMARTS) is 1. The Morgan fingerprint density at radius 2 is 2.33 bits per heavy atom. The van der Waals surface area contributed by atoms with Crippen LogP contribution in [0.4, 0.5) is 0 Å². The molecule has 5 heteroatoms. The van der Waals surface area contributed by atoms with Crippen molar-refractivity contribution in [2.75, 3.05) is 6.54 Å². The number of nitrogens with one attached hydrogen (secondary N) is 2. The van der Waals surface area contributed by atoms with Crippen LogP contribution in [-0.4, -0.2) is 35.6 Å². The van der Waals surface area contributed by atoms with Gasteiger partial charge in [0.25, 0.3) is 0 Å². The molecule has 1 rings (SSSR count). The van der Waals surface area contributed by atoms with E-state index in [-0.39, 0.29) is 24.4 Å². The molecule has 1 fully saturated rings. The Kier molecular flexibility index (Phi) is 4.55. The second-order valence-electron chi connectivity index (χ2n) is 4.06. The lowest BCUT2D eigenvalue weighted by Gasteiger charge is -2.14. The highest BCUT2D eigenvalue weighted by atomic mass is 16.4. The zero-order valence-corrected chi connectivity index (χ0v) is 8.95. The van der Waals surface area contributed by atoms with Crippen LogP contribution in [0.5, 0.6) is 0 Å². The third-order valence-electron chi connectivity index (χ3n) is 2.48. The van der Waals surface area contributed by atoms with Gasteiger partial charge in [-0.05, 0) is 26.3 Å². The molecule has 1 amide bonds. The predicted molar refractivity (Wildman–Crippen MR) is 55.5 cm³/mol. The molecule has 0 aromatic carbocycles. The van der Waals surface area contributed by atoms with E-state index in [0.717, 1.165) is 19.4 Å². The van der Waals surface area contributed by atoms with Gasteiger partial charge in [0.15, 0.2) is 0 Å². The first-order valence-electron chi connectivity index (χ1n) is 5.32. The smallest absolute Gasteiger partial charge is 0.305 e. The lowest BCUT2D eigenvalue weighted by molar-refractivity contribution is -0.137. The van der Waals surface area contributed by atoms with Crippen LogP contribution in [0.15, 0.2) is 0 Å². The van der Waals surface area contributed by atoms with E-state index in [2.05, 4.69) is 10.6 Å². The fourth-order valence-corrected chi connectivity index (χ4v) is 1.80. The molecule has 3 N–H and O–H groups in total. The fourth-order valence-electron chi connectivity index (χ4n) is 1.80. The third-order valence-corrected chi connectivity index (χ3v) is 2.48. The third kappa shape index (κ3) is 4.78. The van der Waals surface area contributed by atoms with Crippen molar-refractivity contribution in [1.82, 2.24) is 10.6 Å². The summed E-state index contributed by atoms with van der Waals surface area (Å²) in [6.07, 6.45) is 2.57. The Bertz CT molecular complexity index is 237. The fraction of sp³-hybridized carbons (Fsp3) is 0.800. The van der Waals surface area contributed by atoms with Gasteiger partial charge in [0, 0.05) is 18.5 Å². The van der Waals surface area contributed by atoms with Gasteiger partial charge >= 0.3 is 5.97 Å². The van der Waals surface area contributed by atoms with Crippen LogP contribution in [0, 0.1) is 0 Å². The molecule has 86 valence electrons. The number of aliphatic carboxylic acids is 1. The molecule has 2 atom stereocenters. The molecule has 0 aliphatic carbocycles. The highest BCUT2D eigenvalue weighted by Gasteiger charge is 2.19. The van der Waals surface area contributed by atoms with Gasteiger partial charge in [-0.2, -0.15) is 0 Å². The Balaban J connectivity index is 2.19. The van der Waals surface area contributed by atoms with Gasteiger partial charge in [-0.15, -0.1) is 0 Å². The highest BCUT2D eigenvalue weighted by Crippen LogP contribution is 2.08. The Morgan fingerprint density at radius 1 is 1.60 bits per heavy atom. The molecule has 1 aliphatic rings. The molecule has 0 spiro atoms. The van der Waals surface area contributed by atoms with Crippen molar-refractivity contribution in [3.8, 4) is 0 Å². The van der Waals surface area contributed by atoms with E-state index < -0.39 is 5.97 Å². The van der Waals surface area contributed by atoms with Crippen LogP contribution < -0.4 is 10.6 Å². The van der Waals surface area contributed by atoms with Gasteiger partial charge in [0.1, 0.15) is 0 Å². The van der Waals surface area contributed by atoms with Gasteiger partial charge in [0.2, 0.25) is 5.91 Å². The Hall–Kier alpha value is -1.10. The number of carboxylic acids is 1. The van der Waals surface area contributed by atoms with Gasteiger partial charge in [0.05, 0.1) is 6.42 Å². The van der Waals surface area contributed by atoms with Crippen molar-refractivity contribution in [1.29, 1.82) is 0 Å². The molecule has 0 bridgehead atoms.